The van der Waals surface area contributed by atoms with E-state index in [1.807, 2.05) is 24.3 Å². The van der Waals surface area contributed by atoms with Gasteiger partial charge in [0.2, 0.25) is 0 Å². The van der Waals surface area contributed by atoms with Crippen LogP contribution in [0.5, 0.6) is 11.5 Å². The highest BCUT2D eigenvalue weighted by molar-refractivity contribution is 9.10. The van der Waals surface area contributed by atoms with E-state index in [9.17, 15) is 0 Å². The van der Waals surface area contributed by atoms with Gasteiger partial charge in [-0.05, 0) is 36.4 Å². The maximum absolute atomic E-state index is 5.31. The third kappa shape index (κ3) is 2.39. The average Bonchev–Trinajstić information content (AvgIpc) is 2.89. The Bertz CT molecular complexity index is 742. The van der Waals surface area contributed by atoms with Crippen molar-refractivity contribution in [2.45, 2.75) is 0 Å². The number of nitrogens with one attached hydrogen (secondary N) is 1. The maximum atomic E-state index is 5.31. The largest absolute Gasteiger partial charge is 0.497 e. The number of aromatic nitrogens is 1. The van der Waals surface area contributed by atoms with Crippen LogP contribution in [-0.2, 0) is 0 Å². The van der Waals surface area contributed by atoms with Gasteiger partial charge in [0.05, 0.1) is 14.2 Å². The van der Waals surface area contributed by atoms with Gasteiger partial charge in [-0.15, -0.1) is 0 Å². The van der Waals surface area contributed by atoms with Gasteiger partial charge in [-0.25, -0.2) is 0 Å². The number of aromatic amines is 1. The van der Waals surface area contributed by atoms with Crippen LogP contribution in [-0.4, -0.2) is 19.2 Å². The fourth-order valence-electron chi connectivity index (χ4n) is 2.22. The molecule has 0 bridgehead atoms. The monoisotopic (exact) mass is 331 g/mol. The molecule has 0 unspecified atom stereocenters. The van der Waals surface area contributed by atoms with Crippen LogP contribution in [0.25, 0.3) is 22.2 Å². The highest BCUT2D eigenvalue weighted by Gasteiger charge is 2.07. The van der Waals surface area contributed by atoms with Gasteiger partial charge in [0.25, 0.3) is 0 Å². The standard InChI is InChI=1S/C16H14BrNO2/c1-19-13-6-11(7-14(9-13)20-2)16-8-10-5-12(17)3-4-15(10)18-16/h3-9,18H,1-2H3. The van der Waals surface area contributed by atoms with Crippen molar-refractivity contribution in [2.75, 3.05) is 14.2 Å². The summed E-state index contributed by atoms with van der Waals surface area (Å²) in [5.74, 6) is 1.55. The molecule has 102 valence electrons. The van der Waals surface area contributed by atoms with Gasteiger partial charge < -0.3 is 14.5 Å². The highest BCUT2D eigenvalue weighted by Crippen LogP contribution is 2.31. The first-order valence-electron chi connectivity index (χ1n) is 6.21. The van der Waals surface area contributed by atoms with E-state index in [0.717, 1.165) is 38.1 Å². The van der Waals surface area contributed by atoms with E-state index in [4.69, 9.17) is 9.47 Å². The van der Waals surface area contributed by atoms with E-state index in [-0.39, 0.29) is 0 Å². The van der Waals surface area contributed by atoms with Gasteiger partial charge in [0, 0.05) is 32.7 Å². The molecule has 1 aromatic heterocycles. The van der Waals surface area contributed by atoms with Crippen molar-refractivity contribution in [2.24, 2.45) is 0 Å². The first kappa shape index (κ1) is 13.1. The van der Waals surface area contributed by atoms with Crippen molar-refractivity contribution in [1.29, 1.82) is 0 Å². The van der Waals surface area contributed by atoms with Crippen LogP contribution in [0.3, 0.4) is 0 Å². The third-order valence-electron chi connectivity index (χ3n) is 3.25. The Morgan fingerprint density at radius 2 is 1.60 bits per heavy atom. The van der Waals surface area contributed by atoms with Gasteiger partial charge in [0.1, 0.15) is 11.5 Å². The van der Waals surface area contributed by atoms with Crippen molar-refractivity contribution in [3.8, 4) is 22.8 Å². The zero-order valence-electron chi connectivity index (χ0n) is 11.2. The number of fused-ring (bicyclic) bond motifs is 1. The van der Waals surface area contributed by atoms with Crippen molar-refractivity contribution < 1.29 is 9.47 Å². The lowest BCUT2D eigenvalue weighted by molar-refractivity contribution is 0.394. The molecule has 0 radical (unpaired) electrons. The first-order chi connectivity index (χ1) is 9.69. The normalized spacial score (nSPS) is 10.8. The van der Waals surface area contributed by atoms with E-state index >= 15 is 0 Å². The number of rotatable bonds is 3. The fraction of sp³-hybridized carbons (Fsp3) is 0.125. The third-order valence-corrected chi connectivity index (χ3v) is 3.74. The quantitative estimate of drug-likeness (QED) is 0.760. The molecule has 1 heterocycles. The molecule has 0 atom stereocenters. The SMILES string of the molecule is COc1cc(OC)cc(-c2cc3cc(Br)ccc3[nH]2)c1. The number of ether oxygens (including phenoxy) is 2. The predicted molar refractivity (Wildman–Crippen MR) is 84.5 cm³/mol. The fourth-order valence-corrected chi connectivity index (χ4v) is 2.60. The maximum Gasteiger partial charge on any atom is 0.123 e. The molecule has 0 spiro atoms. The molecule has 0 aliphatic rings. The number of hydrogen-bond donors (Lipinski definition) is 1. The summed E-state index contributed by atoms with van der Waals surface area (Å²) in [5, 5.41) is 1.16. The molecule has 1 N–H and O–H groups in total. The zero-order chi connectivity index (χ0) is 14.1. The molecule has 0 fully saturated rings. The summed E-state index contributed by atoms with van der Waals surface area (Å²) < 4.78 is 11.7. The number of H-pyrrole nitrogens is 1. The molecule has 0 saturated carbocycles. The second kappa shape index (κ2) is 5.21. The van der Waals surface area contributed by atoms with E-state index in [2.05, 4.69) is 39.1 Å². The van der Waals surface area contributed by atoms with E-state index in [0.29, 0.717) is 0 Å². The van der Waals surface area contributed by atoms with Crippen molar-refractivity contribution in [3.63, 3.8) is 0 Å². The van der Waals surface area contributed by atoms with Crippen molar-refractivity contribution in [1.82, 2.24) is 4.98 Å². The van der Waals surface area contributed by atoms with Gasteiger partial charge in [-0.2, -0.15) is 0 Å². The van der Waals surface area contributed by atoms with Crippen LogP contribution in [0.15, 0.2) is 46.9 Å². The molecule has 0 aliphatic heterocycles. The van der Waals surface area contributed by atoms with Gasteiger partial charge in [-0.3, -0.25) is 0 Å². The molecule has 0 amide bonds. The van der Waals surface area contributed by atoms with Crippen LogP contribution >= 0.6 is 15.9 Å². The molecular formula is C16H14BrNO2. The summed E-state index contributed by atoms with van der Waals surface area (Å²) in [6.45, 7) is 0. The molecule has 0 aliphatic carbocycles. The Morgan fingerprint density at radius 1 is 0.900 bits per heavy atom. The minimum atomic E-state index is 0.777. The second-order valence-electron chi connectivity index (χ2n) is 4.52. The Balaban J connectivity index is 2.14. The molecular weight excluding hydrogens is 318 g/mol. The van der Waals surface area contributed by atoms with E-state index in [1.54, 1.807) is 14.2 Å². The average molecular weight is 332 g/mol. The zero-order valence-corrected chi connectivity index (χ0v) is 12.8. The van der Waals surface area contributed by atoms with Crippen LogP contribution in [0, 0.1) is 0 Å². The summed E-state index contributed by atoms with van der Waals surface area (Å²) in [7, 11) is 3.31. The minimum Gasteiger partial charge on any atom is -0.497 e. The second-order valence-corrected chi connectivity index (χ2v) is 5.43. The summed E-state index contributed by atoms with van der Waals surface area (Å²) in [6, 6.07) is 14.1. The molecule has 0 saturated heterocycles. The highest BCUT2D eigenvalue weighted by atomic mass is 79.9. The summed E-state index contributed by atoms with van der Waals surface area (Å²) in [5.41, 5.74) is 3.17. The Morgan fingerprint density at radius 3 is 2.25 bits per heavy atom. The predicted octanol–water partition coefficient (Wildman–Crippen LogP) is 4.61. The van der Waals surface area contributed by atoms with Gasteiger partial charge in [0.15, 0.2) is 0 Å². The Labute approximate surface area is 125 Å². The molecule has 3 rings (SSSR count). The molecule has 4 heteroatoms. The summed E-state index contributed by atoms with van der Waals surface area (Å²) in [6.07, 6.45) is 0. The number of hydrogen-bond acceptors (Lipinski definition) is 2. The van der Waals surface area contributed by atoms with Crippen LogP contribution in [0.2, 0.25) is 0 Å². The smallest absolute Gasteiger partial charge is 0.123 e. The molecule has 3 nitrogen and oxygen atoms in total. The van der Waals surface area contributed by atoms with Crippen LogP contribution in [0.4, 0.5) is 0 Å². The minimum absolute atomic E-state index is 0.777. The number of halogens is 1. The summed E-state index contributed by atoms with van der Waals surface area (Å²) >= 11 is 3.49. The topological polar surface area (TPSA) is 34.2 Å². The Kier molecular flexibility index (Phi) is 3.40. The van der Waals surface area contributed by atoms with Gasteiger partial charge >= 0.3 is 0 Å². The van der Waals surface area contributed by atoms with Crippen LogP contribution in [0.1, 0.15) is 0 Å². The lowest BCUT2D eigenvalue weighted by atomic mass is 10.1. The molecule has 3 aromatic rings. The first-order valence-corrected chi connectivity index (χ1v) is 7.00. The van der Waals surface area contributed by atoms with E-state index < -0.39 is 0 Å². The molecule has 20 heavy (non-hydrogen) atoms. The van der Waals surface area contributed by atoms with E-state index in [1.165, 1.54) is 0 Å². The Hall–Kier alpha value is -1.94. The van der Waals surface area contributed by atoms with Crippen molar-refractivity contribution >= 4 is 26.8 Å². The summed E-state index contributed by atoms with van der Waals surface area (Å²) in [4.78, 5) is 3.41. The van der Waals surface area contributed by atoms with Crippen molar-refractivity contribution in [3.05, 3.63) is 46.9 Å². The number of benzene rings is 2. The lowest BCUT2D eigenvalue weighted by Gasteiger charge is -2.07. The van der Waals surface area contributed by atoms with Gasteiger partial charge in [-0.1, -0.05) is 15.9 Å². The molecule has 2 aromatic carbocycles. The lowest BCUT2D eigenvalue weighted by Crippen LogP contribution is -1.88. The van der Waals surface area contributed by atoms with Crippen LogP contribution < -0.4 is 9.47 Å². The number of methoxy groups -OCH3 is 2.